The van der Waals surface area contributed by atoms with Gasteiger partial charge in [0.25, 0.3) is 5.56 Å². The fourth-order valence-corrected chi connectivity index (χ4v) is 2.91. The van der Waals surface area contributed by atoms with Gasteiger partial charge in [0.1, 0.15) is 11.6 Å². The van der Waals surface area contributed by atoms with E-state index >= 15 is 0 Å². The Morgan fingerprint density at radius 2 is 1.90 bits per heavy atom. The number of hydrogen-bond donors (Lipinski definition) is 1. The minimum atomic E-state index is -0.335. The van der Waals surface area contributed by atoms with Crippen LogP contribution in [-0.4, -0.2) is 22.8 Å². The molecule has 6 nitrogen and oxygen atoms in total. The molecule has 7 heteroatoms. The predicted molar refractivity (Wildman–Crippen MR) is 109 cm³/mol. The molecule has 0 unspecified atom stereocenters. The average Bonchev–Trinajstić information content (AvgIpc) is 2.70. The predicted octanol–water partition coefficient (Wildman–Crippen LogP) is 3.79. The summed E-state index contributed by atoms with van der Waals surface area (Å²) in [5, 5.41) is 7.16. The number of carbonyl (C=O) groups excluding carboxylic acids is 1. The standard InChI is InChI=1S/C22H22FN3O3/c1-15-5-11-20(29-2)19(14-15)24-21(27)4-3-13-26-22(28)12-10-18(25-26)16-6-8-17(23)9-7-16/h5-12,14H,3-4,13H2,1-2H3,(H,24,27). The van der Waals surface area contributed by atoms with Crippen molar-refractivity contribution >= 4 is 11.6 Å². The smallest absolute Gasteiger partial charge is 0.266 e. The molecular formula is C22H22FN3O3. The topological polar surface area (TPSA) is 73.2 Å². The first-order chi connectivity index (χ1) is 14.0. The molecule has 150 valence electrons. The number of halogens is 1. The van der Waals surface area contributed by atoms with Crippen molar-refractivity contribution < 1.29 is 13.9 Å². The summed E-state index contributed by atoms with van der Waals surface area (Å²) in [4.78, 5) is 24.3. The maximum atomic E-state index is 13.1. The molecule has 0 aliphatic rings. The zero-order valence-corrected chi connectivity index (χ0v) is 16.3. The molecule has 0 bridgehead atoms. The molecule has 0 saturated heterocycles. The lowest BCUT2D eigenvalue weighted by atomic mass is 10.1. The highest BCUT2D eigenvalue weighted by molar-refractivity contribution is 5.92. The Bertz CT molecular complexity index is 1060. The first-order valence-corrected chi connectivity index (χ1v) is 9.25. The zero-order valence-electron chi connectivity index (χ0n) is 16.3. The number of methoxy groups -OCH3 is 1. The van der Waals surface area contributed by atoms with Crippen LogP contribution in [0, 0.1) is 12.7 Å². The number of rotatable bonds is 7. The average molecular weight is 395 g/mol. The SMILES string of the molecule is COc1ccc(C)cc1NC(=O)CCCn1nc(-c2ccc(F)cc2)ccc1=O. The van der Waals surface area contributed by atoms with Crippen molar-refractivity contribution in [2.45, 2.75) is 26.3 Å². The minimum absolute atomic E-state index is 0.170. The molecule has 0 aliphatic carbocycles. The van der Waals surface area contributed by atoms with Crippen molar-refractivity contribution in [2.24, 2.45) is 0 Å². The Balaban J connectivity index is 1.62. The lowest BCUT2D eigenvalue weighted by molar-refractivity contribution is -0.116. The third-order valence-electron chi connectivity index (χ3n) is 4.41. The molecule has 3 aromatic rings. The molecule has 0 radical (unpaired) electrons. The molecule has 1 amide bonds. The molecule has 1 aromatic heterocycles. The van der Waals surface area contributed by atoms with Crippen molar-refractivity contribution in [2.75, 3.05) is 12.4 Å². The Morgan fingerprint density at radius 1 is 1.14 bits per heavy atom. The number of nitrogens with zero attached hydrogens (tertiary/aromatic N) is 2. The van der Waals surface area contributed by atoms with E-state index in [4.69, 9.17) is 4.74 Å². The van der Waals surface area contributed by atoms with Crippen LogP contribution in [0.4, 0.5) is 10.1 Å². The zero-order chi connectivity index (χ0) is 20.8. The molecule has 1 N–H and O–H groups in total. The number of hydrogen-bond acceptors (Lipinski definition) is 4. The van der Waals surface area contributed by atoms with Crippen LogP contribution in [0.25, 0.3) is 11.3 Å². The van der Waals surface area contributed by atoms with E-state index < -0.39 is 0 Å². The van der Waals surface area contributed by atoms with Crippen LogP contribution in [0.2, 0.25) is 0 Å². The van der Waals surface area contributed by atoms with Crippen molar-refractivity contribution in [1.29, 1.82) is 0 Å². The third-order valence-corrected chi connectivity index (χ3v) is 4.41. The Morgan fingerprint density at radius 3 is 2.62 bits per heavy atom. The second-order valence-electron chi connectivity index (χ2n) is 6.64. The molecule has 0 spiro atoms. The summed E-state index contributed by atoms with van der Waals surface area (Å²) in [6.07, 6.45) is 0.672. The van der Waals surface area contributed by atoms with Crippen LogP contribution in [0.1, 0.15) is 18.4 Å². The summed E-state index contributed by atoms with van der Waals surface area (Å²) in [5.74, 6) is 0.0868. The van der Waals surface area contributed by atoms with Gasteiger partial charge in [-0.1, -0.05) is 6.07 Å². The minimum Gasteiger partial charge on any atom is -0.495 e. The summed E-state index contributed by atoms with van der Waals surface area (Å²) in [6.45, 7) is 2.23. The van der Waals surface area contributed by atoms with Gasteiger partial charge in [-0.15, -0.1) is 0 Å². The lowest BCUT2D eigenvalue weighted by Crippen LogP contribution is -2.23. The van der Waals surface area contributed by atoms with Crippen LogP contribution in [-0.2, 0) is 11.3 Å². The van der Waals surface area contributed by atoms with Crippen molar-refractivity contribution in [3.05, 3.63) is 76.3 Å². The summed E-state index contributed by atoms with van der Waals surface area (Å²) < 4.78 is 19.7. The number of nitrogens with one attached hydrogen (secondary N) is 1. The van der Waals surface area contributed by atoms with Crippen LogP contribution < -0.4 is 15.6 Å². The van der Waals surface area contributed by atoms with Gasteiger partial charge < -0.3 is 10.1 Å². The number of ether oxygens (including phenoxy) is 1. The summed E-state index contributed by atoms with van der Waals surface area (Å²) in [6, 6.07) is 14.5. The second kappa shape index (κ2) is 9.14. The van der Waals surface area contributed by atoms with E-state index in [-0.39, 0.29) is 23.7 Å². The maximum absolute atomic E-state index is 13.1. The van der Waals surface area contributed by atoms with E-state index in [9.17, 15) is 14.0 Å². The molecule has 2 aromatic carbocycles. The Kier molecular flexibility index (Phi) is 6.39. The van der Waals surface area contributed by atoms with Crippen molar-refractivity contribution in [3.63, 3.8) is 0 Å². The Hall–Kier alpha value is -3.48. The molecule has 0 aliphatic heterocycles. The summed E-state index contributed by atoms with van der Waals surface area (Å²) >= 11 is 0. The van der Waals surface area contributed by atoms with Gasteiger partial charge in [0.2, 0.25) is 5.91 Å². The number of benzene rings is 2. The third kappa shape index (κ3) is 5.28. The fraction of sp³-hybridized carbons (Fsp3) is 0.227. The van der Waals surface area contributed by atoms with Gasteiger partial charge in [0.05, 0.1) is 18.5 Å². The number of aromatic nitrogens is 2. The molecule has 0 fully saturated rings. The lowest BCUT2D eigenvalue weighted by Gasteiger charge is -2.11. The van der Waals surface area contributed by atoms with E-state index in [1.807, 2.05) is 19.1 Å². The molecule has 0 atom stereocenters. The van der Waals surface area contributed by atoms with E-state index in [1.54, 1.807) is 31.4 Å². The van der Waals surface area contributed by atoms with Crippen molar-refractivity contribution in [1.82, 2.24) is 9.78 Å². The molecule has 0 saturated carbocycles. The van der Waals surface area contributed by atoms with E-state index in [0.717, 1.165) is 5.56 Å². The van der Waals surface area contributed by atoms with Crippen LogP contribution in [0.3, 0.4) is 0 Å². The van der Waals surface area contributed by atoms with Gasteiger partial charge in [0.15, 0.2) is 0 Å². The van der Waals surface area contributed by atoms with Gasteiger partial charge in [0, 0.05) is 24.6 Å². The molecule has 29 heavy (non-hydrogen) atoms. The summed E-state index contributed by atoms with van der Waals surface area (Å²) in [5.41, 5.74) is 2.65. The van der Waals surface area contributed by atoms with Crippen LogP contribution in [0.15, 0.2) is 59.4 Å². The number of carbonyl (C=O) groups is 1. The number of aryl methyl sites for hydroxylation is 2. The van der Waals surface area contributed by atoms with Gasteiger partial charge in [-0.25, -0.2) is 9.07 Å². The summed E-state index contributed by atoms with van der Waals surface area (Å²) in [7, 11) is 1.55. The highest BCUT2D eigenvalue weighted by Crippen LogP contribution is 2.25. The quantitative estimate of drug-likeness (QED) is 0.661. The largest absolute Gasteiger partial charge is 0.495 e. The van der Waals surface area contributed by atoms with E-state index in [0.29, 0.717) is 35.7 Å². The fourth-order valence-electron chi connectivity index (χ4n) is 2.91. The van der Waals surface area contributed by atoms with Crippen molar-refractivity contribution in [3.8, 4) is 17.0 Å². The normalized spacial score (nSPS) is 10.6. The molecule has 1 heterocycles. The van der Waals surface area contributed by atoms with E-state index in [1.165, 1.54) is 22.9 Å². The van der Waals surface area contributed by atoms with Crippen LogP contribution >= 0.6 is 0 Å². The monoisotopic (exact) mass is 395 g/mol. The Labute approximate surface area is 168 Å². The highest BCUT2D eigenvalue weighted by Gasteiger charge is 2.09. The first kappa shape index (κ1) is 20.3. The van der Waals surface area contributed by atoms with Gasteiger partial charge in [-0.2, -0.15) is 5.10 Å². The van der Waals surface area contributed by atoms with Crippen LogP contribution in [0.5, 0.6) is 5.75 Å². The molecular weight excluding hydrogens is 373 g/mol. The van der Waals surface area contributed by atoms with E-state index in [2.05, 4.69) is 10.4 Å². The first-order valence-electron chi connectivity index (χ1n) is 9.25. The molecule has 3 rings (SSSR count). The van der Waals surface area contributed by atoms with Gasteiger partial charge >= 0.3 is 0 Å². The van der Waals surface area contributed by atoms with Gasteiger partial charge in [-0.05, 0) is 61.4 Å². The number of anilines is 1. The maximum Gasteiger partial charge on any atom is 0.266 e. The number of amides is 1. The highest BCUT2D eigenvalue weighted by atomic mass is 19.1. The van der Waals surface area contributed by atoms with Gasteiger partial charge in [-0.3, -0.25) is 9.59 Å². The second-order valence-corrected chi connectivity index (χ2v) is 6.64.